The molecule has 1 aliphatic rings. The van der Waals surface area contributed by atoms with E-state index in [1.165, 1.54) is 22.2 Å². The highest BCUT2D eigenvalue weighted by Crippen LogP contribution is 2.41. The molecule has 4 nitrogen and oxygen atoms in total. The van der Waals surface area contributed by atoms with Crippen LogP contribution < -0.4 is 5.32 Å². The summed E-state index contributed by atoms with van der Waals surface area (Å²) in [5, 5.41) is 14.2. The van der Waals surface area contributed by atoms with E-state index in [0.29, 0.717) is 6.04 Å². The fraction of sp³-hybridized carbons (Fsp3) is 0.600. The van der Waals surface area contributed by atoms with E-state index < -0.39 is 0 Å². The van der Waals surface area contributed by atoms with E-state index in [0.717, 1.165) is 32.2 Å². The van der Waals surface area contributed by atoms with E-state index in [4.69, 9.17) is 4.74 Å². The monoisotopic (exact) mass is 330 g/mol. The maximum absolute atomic E-state index is 9.29. The normalized spacial score (nSPS) is 24.9. The molecule has 4 heteroatoms. The summed E-state index contributed by atoms with van der Waals surface area (Å²) in [5.74, 6) is 0. The maximum Gasteiger partial charge on any atom is 0.106 e. The van der Waals surface area contributed by atoms with Gasteiger partial charge in [-0.1, -0.05) is 25.1 Å². The Kier molecular flexibility index (Phi) is 5.28. The lowest BCUT2D eigenvalue weighted by molar-refractivity contribution is -0.107. The van der Waals surface area contributed by atoms with Gasteiger partial charge in [0.1, 0.15) is 5.60 Å². The SMILES string of the molecule is CCC(C)NCC1Cc2c([nH]c3ccccc23)C(C)(CCCO)O1. The lowest BCUT2D eigenvalue weighted by atomic mass is 9.87. The highest BCUT2D eigenvalue weighted by molar-refractivity contribution is 5.85. The number of para-hydroxylation sites is 1. The van der Waals surface area contributed by atoms with Crippen molar-refractivity contribution in [1.82, 2.24) is 10.3 Å². The summed E-state index contributed by atoms with van der Waals surface area (Å²) in [6.07, 6.45) is 3.78. The number of H-pyrrole nitrogens is 1. The van der Waals surface area contributed by atoms with Crippen molar-refractivity contribution in [3.8, 4) is 0 Å². The molecule has 3 unspecified atom stereocenters. The third-order valence-corrected chi connectivity index (χ3v) is 5.32. The smallest absolute Gasteiger partial charge is 0.106 e. The van der Waals surface area contributed by atoms with Crippen LogP contribution in [0.4, 0.5) is 0 Å². The van der Waals surface area contributed by atoms with Crippen LogP contribution in [-0.2, 0) is 16.8 Å². The Hall–Kier alpha value is -1.36. The molecule has 0 amide bonds. The number of nitrogens with one attached hydrogen (secondary N) is 2. The van der Waals surface area contributed by atoms with Crippen molar-refractivity contribution in [2.75, 3.05) is 13.2 Å². The van der Waals surface area contributed by atoms with Gasteiger partial charge in [0.05, 0.1) is 11.8 Å². The summed E-state index contributed by atoms with van der Waals surface area (Å²) in [6.45, 7) is 7.63. The molecule has 24 heavy (non-hydrogen) atoms. The molecule has 0 fully saturated rings. The van der Waals surface area contributed by atoms with Gasteiger partial charge in [-0.2, -0.15) is 0 Å². The number of aromatic amines is 1. The van der Waals surface area contributed by atoms with E-state index in [2.05, 4.69) is 55.3 Å². The first-order valence-electron chi connectivity index (χ1n) is 9.19. The van der Waals surface area contributed by atoms with Crippen LogP contribution in [0.1, 0.15) is 51.3 Å². The van der Waals surface area contributed by atoms with Gasteiger partial charge in [0.2, 0.25) is 0 Å². The molecule has 132 valence electrons. The summed E-state index contributed by atoms with van der Waals surface area (Å²) in [5.41, 5.74) is 3.39. The number of aromatic nitrogens is 1. The molecule has 2 heterocycles. The van der Waals surface area contributed by atoms with Crippen LogP contribution in [0.25, 0.3) is 10.9 Å². The summed E-state index contributed by atoms with van der Waals surface area (Å²) < 4.78 is 6.52. The van der Waals surface area contributed by atoms with Gasteiger partial charge in [-0.3, -0.25) is 0 Å². The third kappa shape index (κ3) is 3.37. The zero-order valence-corrected chi connectivity index (χ0v) is 15.1. The number of aliphatic hydroxyl groups excluding tert-OH is 1. The highest BCUT2D eigenvalue weighted by atomic mass is 16.5. The molecule has 1 aromatic heterocycles. The number of hydrogen-bond donors (Lipinski definition) is 3. The molecule has 1 aliphatic heterocycles. The van der Waals surface area contributed by atoms with Gasteiger partial charge in [0.25, 0.3) is 0 Å². The number of rotatable bonds is 7. The van der Waals surface area contributed by atoms with Crippen molar-refractivity contribution in [3.63, 3.8) is 0 Å². The second-order valence-corrected chi connectivity index (χ2v) is 7.24. The standard InChI is InChI=1S/C20H30N2O2/c1-4-14(2)21-13-15-12-17-16-8-5-6-9-18(16)22-19(17)20(3,24-15)10-7-11-23/h5-6,8-9,14-15,21-23H,4,7,10-13H2,1-3H3. The average Bonchev–Trinajstić information content (AvgIpc) is 2.98. The topological polar surface area (TPSA) is 57.3 Å². The Morgan fingerprint density at radius 1 is 1.42 bits per heavy atom. The Balaban J connectivity index is 1.92. The first kappa shape index (κ1) is 17.5. The lowest BCUT2D eigenvalue weighted by Crippen LogP contribution is -2.44. The molecular formula is C20H30N2O2. The first-order valence-corrected chi connectivity index (χ1v) is 9.19. The van der Waals surface area contributed by atoms with E-state index in [1.54, 1.807) is 0 Å². The molecule has 0 radical (unpaired) electrons. The number of hydrogen-bond acceptors (Lipinski definition) is 3. The quantitative estimate of drug-likeness (QED) is 0.728. The molecular weight excluding hydrogens is 300 g/mol. The van der Waals surface area contributed by atoms with E-state index in [9.17, 15) is 5.11 Å². The number of ether oxygens (including phenoxy) is 1. The zero-order valence-electron chi connectivity index (χ0n) is 15.1. The number of fused-ring (bicyclic) bond motifs is 3. The van der Waals surface area contributed by atoms with Crippen molar-refractivity contribution < 1.29 is 9.84 Å². The Labute approximate surface area is 144 Å². The van der Waals surface area contributed by atoms with Gasteiger partial charge < -0.3 is 20.1 Å². The van der Waals surface area contributed by atoms with Crippen molar-refractivity contribution >= 4 is 10.9 Å². The van der Waals surface area contributed by atoms with Gasteiger partial charge in [0, 0.05) is 36.5 Å². The fourth-order valence-corrected chi connectivity index (χ4v) is 3.75. The van der Waals surface area contributed by atoms with Gasteiger partial charge in [-0.05, 0) is 44.7 Å². The molecule has 0 aliphatic carbocycles. The molecule has 0 bridgehead atoms. The summed E-state index contributed by atoms with van der Waals surface area (Å²) >= 11 is 0. The van der Waals surface area contributed by atoms with Crippen molar-refractivity contribution in [3.05, 3.63) is 35.5 Å². The Morgan fingerprint density at radius 3 is 2.96 bits per heavy atom. The Bertz CT molecular complexity index is 681. The fourth-order valence-electron chi connectivity index (χ4n) is 3.75. The van der Waals surface area contributed by atoms with E-state index in [-0.39, 0.29) is 18.3 Å². The van der Waals surface area contributed by atoms with Crippen LogP contribution in [0.15, 0.2) is 24.3 Å². The van der Waals surface area contributed by atoms with Crippen LogP contribution in [0.3, 0.4) is 0 Å². The molecule has 2 aromatic rings. The molecule has 0 spiro atoms. The first-order chi connectivity index (χ1) is 11.6. The summed E-state index contributed by atoms with van der Waals surface area (Å²) in [4.78, 5) is 3.59. The third-order valence-electron chi connectivity index (χ3n) is 5.32. The van der Waals surface area contributed by atoms with E-state index >= 15 is 0 Å². The summed E-state index contributed by atoms with van der Waals surface area (Å²) in [6, 6.07) is 9.00. The van der Waals surface area contributed by atoms with Gasteiger partial charge >= 0.3 is 0 Å². The van der Waals surface area contributed by atoms with Crippen LogP contribution in [0.2, 0.25) is 0 Å². The number of aliphatic hydroxyl groups is 1. The number of benzene rings is 1. The van der Waals surface area contributed by atoms with Gasteiger partial charge in [0.15, 0.2) is 0 Å². The summed E-state index contributed by atoms with van der Waals surface area (Å²) in [7, 11) is 0. The van der Waals surface area contributed by atoms with Gasteiger partial charge in [-0.15, -0.1) is 0 Å². The highest BCUT2D eigenvalue weighted by Gasteiger charge is 2.39. The second kappa shape index (κ2) is 7.26. The molecule has 1 aromatic carbocycles. The van der Waals surface area contributed by atoms with Crippen LogP contribution in [0, 0.1) is 0 Å². The maximum atomic E-state index is 9.29. The van der Waals surface area contributed by atoms with Crippen LogP contribution >= 0.6 is 0 Å². The van der Waals surface area contributed by atoms with E-state index in [1.807, 2.05) is 0 Å². The van der Waals surface area contributed by atoms with Crippen LogP contribution in [-0.4, -0.2) is 35.4 Å². The minimum absolute atomic E-state index is 0.161. The predicted octanol–water partition coefficient (Wildman–Crippen LogP) is 3.49. The minimum atomic E-state index is -0.364. The van der Waals surface area contributed by atoms with Crippen molar-refractivity contribution in [1.29, 1.82) is 0 Å². The molecule has 0 saturated carbocycles. The lowest BCUT2D eigenvalue weighted by Gasteiger charge is -2.39. The molecule has 3 atom stereocenters. The van der Waals surface area contributed by atoms with Crippen molar-refractivity contribution in [2.24, 2.45) is 0 Å². The van der Waals surface area contributed by atoms with Crippen molar-refractivity contribution in [2.45, 2.75) is 64.2 Å². The predicted molar refractivity (Wildman–Crippen MR) is 98.3 cm³/mol. The molecule has 0 saturated heterocycles. The molecule has 3 N–H and O–H groups in total. The molecule has 3 rings (SSSR count). The van der Waals surface area contributed by atoms with Gasteiger partial charge in [-0.25, -0.2) is 0 Å². The largest absolute Gasteiger partial charge is 0.396 e. The second-order valence-electron chi connectivity index (χ2n) is 7.24. The average molecular weight is 330 g/mol. The minimum Gasteiger partial charge on any atom is -0.396 e. The zero-order chi connectivity index (χ0) is 17.2. The van der Waals surface area contributed by atoms with Crippen LogP contribution in [0.5, 0.6) is 0 Å². The Morgan fingerprint density at radius 2 is 2.21 bits per heavy atom.